The van der Waals surface area contributed by atoms with Crippen molar-refractivity contribution in [2.24, 2.45) is 0 Å². The van der Waals surface area contributed by atoms with Crippen molar-refractivity contribution in [3.8, 4) is 17.5 Å². The summed E-state index contributed by atoms with van der Waals surface area (Å²) in [6.45, 7) is 0. The molecule has 0 aliphatic heterocycles. The van der Waals surface area contributed by atoms with Crippen molar-refractivity contribution in [1.29, 1.82) is 5.26 Å². The summed E-state index contributed by atoms with van der Waals surface area (Å²) >= 11 is 0. The molecule has 1 aromatic carbocycles. The van der Waals surface area contributed by atoms with E-state index in [1.54, 1.807) is 18.2 Å². The average Bonchev–Trinajstić information content (AvgIpc) is 2.70. The lowest BCUT2D eigenvalue weighted by atomic mass is 10.2. The number of rotatable bonds is 1. The Kier molecular flexibility index (Phi) is 1.96. The lowest BCUT2D eigenvalue weighted by molar-refractivity contribution is 0.473. The van der Waals surface area contributed by atoms with Gasteiger partial charge in [0.15, 0.2) is 0 Å². The number of aromatic nitrogens is 1. The molecule has 0 aliphatic rings. The summed E-state index contributed by atoms with van der Waals surface area (Å²) in [5, 5.41) is 18.1. The Labute approximate surface area is 81.5 Å². The first kappa shape index (κ1) is 8.39. The van der Waals surface area contributed by atoms with Gasteiger partial charge in [-0.05, 0) is 24.3 Å². The Morgan fingerprint density at radius 1 is 1.21 bits per heavy atom. The molecule has 0 amide bonds. The molecule has 68 valence electrons. The van der Waals surface area contributed by atoms with Gasteiger partial charge in [-0.1, -0.05) is 0 Å². The van der Waals surface area contributed by atoms with Crippen molar-refractivity contribution >= 4 is 0 Å². The van der Waals surface area contributed by atoms with Crippen LogP contribution in [0.3, 0.4) is 0 Å². The van der Waals surface area contributed by atoms with E-state index in [1.165, 1.54) is 0 Å². The van der Waals surface area contributed by atoms with E-state index in [4.69, 9.17) is 5.26 Å². The molecule has 2 rings (SSSR count). The molecule has 14 heavy (non-hydrogen) atoms. The van der Waals surface area contributed by atoms with Crippen LogP contribution < -0.4 is 0 Å². The Morgan fingerprint density at radius 2 is 1.93 bits per heavy atom. The number of hydrogen-bond donors (Lipinski definition) is 1. The van der Waals surface area contributed by atoms with E-state index in [-0.39, 0.29) is 5.75 Å². The van der Waals surface area contributed by atoms with Crippen molar-refractivity contribution in [2.45, 2.75) is 0 Å². The molecule has 2 aromatic rings. The minimum Gasteiger partial charge on any atom is -0.506 e. The minimum atomic E-state index is 0.0127. The molecular formula is C11H8N2O. The van der Waals surface area contributed by atoms with Gasteiger partial charge in [0.1, 0.15) is 11.8 Å². The van der Waals surface area contributed by atoms with Gasteiger partial charge >= 0.3 is 0 Å². The van der Waals surface area contributed by atoms with Crippen LogP contribution >= 0.6 is 0 Å². The Balaban J connectivity index is 2.49. The van der Waals surface area contributed by atoms with Crippen LogP contribution in [0.25, 0.3) is 5.69 Å². The third kappa shape index (κ3) is 1.34. The summed E-state index contributed by atoms with van der Waals surface area (Å²) in [7, 11) is 0. The molecule has 1 N–H and O–H groups in total. The van der Waals surface area contributed by atoms with Crippen LogP contribution in [0.2, 0.25) is 0 Å². The van der Waals surface area contributed by atoms with Crippen molar-refractivity contribution in [3.63, 3.8) is 0 Å². The van der Waals surface area contributed by atoms with Crippen LogP contribution in [0.1, 0.15) is 5.56 Å². The fourth-order valence-corrected chi connectivity index (χ4v) is 1.28. The molecule has 0 aliphatic carbocycles. The topological polar surface area (TPSA) is 49.0 Å². The van der Waals surface area contributed by atoms with E-state index in [1.807, 2.05) is 35.2 Å². The lowest BCUT2D eigenvalue weighted by Crippen LogP contribution is -1.89. The summed E-state index contributed by atoms with van der Waals surface area (Å²) in [6.07, 6.45) is 3.75. The maximum absolute atomic E-state index is 9.45. The van der Waals surface area contributed by atoms with Gasteiger partial charge in [0, 0.05) is 24.1 Å². The van der Waals surface area contributed by atoms with Crippen molar-refractivity contribution in [1.82, 2.24) is 4.57 Å². The van der Waals surface area contributed by atoms with Gasteiger partial charge in [-0.2, -0.15) is 5.26 Å². The highest BCUT2D eigenvalue weighted by Crippen LogP contribution is 2.20. The summed E-state index contributed by atoms with van der Waals surface area (Å²) < 4.78 is 1.86. The van der Waals surface area contributed by atoms with Crippen LogP contribution in [-0.4, -0.2) is 9.67 Å². The van der Waals surface area contributed by atoms with Crippen LogP contribution in [0, 0.1) is 11.3 Å². The van der Waals surface area contributed by atoms with Gasteiger partial charge < -0.3 is 9.67 Å². The monoisotopic (exact) mass is 184 g/mol. The molecule has 1 heterocycles. The summed E-state index contributed by atoms with van der Waals surface area (Å²) in [5.41, 5.74) is 1.13. The quantitative estimate of drug-likeness (QED) is 0.737. The first-order valence-corrected chi connectivity index (χ1v) is 4.18. The highest BCUT2D eigenvalue weighted by Gasteiger charge is 2.01. The molecule has 0 saturated heterocycles. The second-order valence-corrected chi connectivity index (χ2v) is 2.90. The number of nitriles is 1. The lowest BCUT2D eigenvalue weighted by Gasteiger charge is -2.03. The molecule has 0 fully saturated rings. The molecule has 1 aromatic heterocycles. The molecule has 3 heteroatoms. The van der Waals surface area contributed by atoms with E-state index in [0.717, 1.165) is 5.69 Å². The van der Waals surface area contributed by atoms with Gasteiger partial charge in [-0.15, -0.1) is 0 Å². The average molecular weight is 184 g/mol. The Bertz CT molecular complexity index is 480. The molecule has 0 bridgehead atoms. The third-order valence-corrected chi connectivity index (χ3v) is 2.00. The summed E-state index contributed by atoms with van der Waals surface area (Å²) in [5.74, 6) is 0.0127. The number of benzene rings is 1. The fourth-order valence-electron chi connectivity index (χ4n) is 1.28. The van der Waals surface area contributed by atoms with Crippen molar-refractivity contribution in [3.05, 3.63) is 48.3 Å². The van der Waals surface area contributed by atoms with Gasteiger partial charge in [0.25, 0.3) is 0 Å². The number of phenols is 1. The molecular weight excluding hydrogens is 176 g/mol. The number of hydrogen-bond acceptors (Lipinski definition) is 2. The van der Waals surface area contributed by atoms with Crippen molar-refractivity contribution < 1.29 is 5.11 Å². The van der Waals surface area contributed by atoms with Crippen LogP contribution in [0.5, 0.6) is 5.75 Å². The normalized spacial score (nSPS) is 9.64. The maximum atomic E-state index is 9.45. The zero-order valence-electron chi connectivity index (χ0n) is 7.38. The predicted molar refractivity (Wildman–Crippen MR) is 52.1 cm³/mol. The van der Waals surface area contributed by atoms with E-state index in [0.29, 0.717) is 5.56 Å². The van der Waals surface area contributed by atoms with E-state index in [2.05, 4.69) is 0 Å². The zero-order valence-corrected chi connectivity index (χ0v) is 7.38. The zero-order chi connectivity index (χ0) is 9.97. The fraction of sp³-hybridized carbons (Fsp3) is 0. The van der Waals surface area contributed by atoms with E-state index >= 15 is 0 Å². The highest BCUT2D eigenvalue weighted by atomic mass is 16.3. The number of phenolic OH excluding ortho intramolecular Hbond substituents is 1. The van der Waals surface area contributed by atoms with Gasteiger partial charge in [0.05, 0.1) is 5.56 Å². The third-order valence-electron chi connectivity index (χ3n) is 2.00. The molecule has 0 saturated carbocycles. The molecule has 0 unspecified atom stereocenters. The largest absolute Gasteiger partial charge is 0.506 e. The van der Waals surface area contributed by atoms with E-state index in [9.17, 15) is 5.11 Å². The van der Waals surface area contributed by atoms with Gasteiger partial charge in [0.2, 0.25) is 0 Å². The highest BCUT2D eigenvalue weighted by molar-refractivity contribution is 5.49. The minimum absolute atomic E-state index is 0.0127. The van der Waals surface area contributed by atoms with Gasteiger partial charge in [-0.25, -0.2) is 0 Å². The smallest absolute Gasteiger partial charge is 0.135 e. The second-order valence-electron chi connectivity index (χ2n) is 2.90. The summed E-state index contributed by atoms with van der Waals surface area (Å²) in [4.78, 5) is 0. The van der Waals surface area contributed by atoms with Gasteiger partial charge in [-0.3, -0.25) is 0 Å². The molecule has 0 radical (unpaired) electrons. The van der Waals surface area contributed by atoms with Crippen LogP contribution in [-0.2, 0) is 0 Å². The van der Waals surface area contributed by atoms with E-state index < -0.39 is 0 Å². The van der Waals surface area contributed by atoms with Crippen LogP contribution in [0.15, 0.2) is 42.7 Å². The first-order valence-electron chi connectivity index (χ1n) is 4.18. The standard InChI is InChI=1S/C11H8N2O/c12-8-9-3-4-10(7-11(9)14)13-5-1-2-6-13/h1-7,14H. The summed E-state index contributed by atoms with van der Waals surface area (Å²) in [6, 6.07) is 10.7. The second kappa shape index (κ2) is 3.27. The molecule has 0 spiro atoms. The maximum Gasteiger partial charge on any atom is 0.135 e. The van der Waals surface area contributed by atoms with Crippen molar-refractivity contribution in [2.75, 3.05) is 0 Å². The predicted octanol–water partition coefficient (Wildman–Crippen LogP) is 2.05. The first-order chi connectivity index (χ1) is 6.81. The van der Waals surface area contributed by atoms with Crippen LogP contribution in [0.4, 0.5) is 0 Å². The number of aromatic hydroxyl groups is 1. The molecule has 3 nitrogen and oxygen atoms in total. The Hall–Kier alpha value is -2.21. The Morgan fingerprint density at radius 3 is 2.50 bits per heavy atom. The molecule has 0 atom stereocenters. The SMILES string of the molecule is N#Cc1ccc(-n2cccc2)cc1O. The number of nitrogens with zero attached hydrogens (tertiary/aromatic N) is 2.